The fourth-order valence-electron chi connectivity index (χ4n) is 1.35. The van der Waals surface area contributed by atoms with Gasteiger partial charge in [-0.1, -0.05) is 29.3 Å². The van der Waals surface area contributed by atoms with E-state index in [2.05, 4.69) is 0 Å². The lowest BCUT2D eigenvalue weighted by molar-refractivity contribution is -0.130. The molecule has 0 aromatic heterocycles. The fraction of sp³-hybridized carbons (Fsp3) is 0.417. The molecule has 0 aliphatic carbocycles. The van der Waals surface area contributed by atoms with Gasteiger partial charge in [0.1, 0.15) is 0 Å². The van der Waals surface area contributed by atoms with Crippen LogP contribution in [-0.2, 0) is 11.2 Å². The first-order chi connectivity index (χ1) is 7.95. The summed E-state index contributed by atoms with van der Waals surface area (Å²) >= 11 is 11.7. The zero-order valence-electron chi connectivity index (χ0n) is 10.3. The molecule has 0 saturated carbocycles. The number of nitrogens with zero attached hydrogens (tertiary/aromatic N) is 1. The largest absolute Gasteiger partial charge is 0.341 e. The van der Waals surface area contributed by atoms with Gasteiger partial charge >= 0.3 is 0 Å². The predicted molar refractivity (Wildman–Crippen MR) is 78.7 cm³/mol. The second kappa shape index (κ2) is 7.85. The van der Waals surface area contributed by atoms with Gasteiger partial charge in [-0.3, -0.25) is 4.79 Å². The average molecular weight is 312 g/mol. The maximum Gasteiger partial charge on any atom is 0.227 e. The molecule has 1 amide bonds. The summed E-state index contributed by atoms with van der Waals surface area (Å²) in [6, 6.07) is 5.24. The van der Waals surface area contributed by atoms with Crippen LogP contribution >= 0.6 is 35.6 Å². The van der Waals surface area contributed by atoms with Gasteiger partial charge < -0.3 is 10.6 Å². The molecule has 1 atom stereocenters. The van der Waals surface area contributed by atoms with E-state index in [1.807, 2.05) is 6.92 Å². The van der Waals surface area contributed by atoms with Crippen molar-refractivity contribution >= 4 is 41.5 Å². The lowest BCUT2D eigenvalue weighted by Crippen LogP contribution is -2.40. The van der Waals surface area contributed by atoms with Gasteiger partial charge in [0.25, 0.3) is 0 Å². The molecular formula is C12H17Cl3N2O. The molecule has 1 aromatic carbocycles. The molecule has 2 N–H and O–H groups in total. The van der Waals surface area contributed by atoms with Crippen LogP contribution in [0.2, 0.25) is 10.0 Å². The van der Waals surface area contributed by atoms with E-state index < -0.39 is 0 Å². The van der Waals surface area contributed by atoms with Crippen molar-refractivity contribution in [2.75, 3.05) is 13.6 Å². The molecule has 6 heteroatoms. The topological polar surface area (TPSA) is 46.3 Å². The van der Waals surface area contributed by atoms with E-state index in [1.54, 1.807) is 30.1 Å². The van der Waals surface area contributed by atoms with Gasteiger partial charge in [-0.15, -0.1) is 12.4 Å². The Morgan fingerprint density at radius 1 is 1.39 bits per heavy atom. The van der Waals surface area contributed by atoms with E-state index in [0.717, 1.165) is 5.56 Å². The molecule has 18 heavy (non-hydrogen) atoms. The molecule has 0 heterocycles. The minimum Gasteiger partial charge on any atom is -0.341 e. The van der Waals surface area contributed by atoms with E-state index in [9.17, 15) is 4.79 Å². The van der Waals surface area contributed by atoms with Crippen LogP contribution in [0, 0.1) is 0 Å². The summed E-state index contributed by atoms with van der Waals surface area (Å²) in [5.74, 6) is 0.0151. The molecule has 0 bridgehead atoms. The highest BCUT2D eigenvalue weighted by molar-refractivity contribution is 6.42. The van der Waals surface area contributed by atoms with E-state index in [1.165, 1.54) is 0 Å². The first kappa shape index (κ1) is 17.5. The van der Waals surface area contributed by atoms with Crippen LogP contribution in [0.5, 0.6) is 0 Å². The molecule has 0 aliphatic rings. The third-order valence-electron chi connectivity index (χ3n) is 2.74. The molecule has 102 valence electrons. The summed E-state index contributed by atoms with van der Waals surface area (Å²) in [6.45, 7) is 2.36. The van der Waals surface area contributed by atoms with Crippen LogP contribution in [0.4, 0.5) is 0 Å². The highest BCUT2D eigenvalue weighted by Crippen LogP contribution is 2.23. The lowest BCUT2D eigenvalue weighted by Gasteiger charge is -2.23. The first-order valence-corrected chi connectivity index (χ1v) is 6.11. The van der Waals surface area contributed by atoms with E-state index in [-0.39, 0.29) is 24.4 Å². The van der Waals surface area contributed by atoms with Crippen molar-refractivity contribution in [3.05, 3.63) is 33.8 Å². The van der Waals surface area contributed by atoms with Gasteiger partial charge in [-0.25, -0.2) is 0 Å². The van der Waals surface area contributed by atoms with Crippen molar-refractivity contribution < 1.29 is 4.79 Å². The molecule has 0 saturated heterocycles. The first-order valence-electron chi connectivity index (χ1n) is 5.35. The predicted octanol–water partition coefficient (Wildman–Crippen LogP) is 2.76. The van der Waals surface area contributed by atoms with Crippen molar-refractivity contribution in [3.63, 3.8) is 0 Å². The second-order valence-corrected chi connectivity index (χ2v) is 4.83. The van der Waals surface area contributed by atoms with Crippen LogP contribution in [-0.4, -0.2) is 30.4 Å². The molecule has 0 radical (unpaired) electrons. The molecule has 0 aliphatic heterocycles. The van der Waals surface area contributed by atoms with Gasteiger partial charge in [0.05, 0.1) is 16.5 Å². The van der Waals surface area contributed by atoms with E-state index >= 15 is 0 Å². The fourth-order valence-corrected chi connectivity index (χ4v) is 1.67. The number of rotatable bonds is 4. The third-order valence-corrected chi connectivity index (χ3v) is 3.47. The van der Waals surface area contributed by atoms with Crippen LogP contribution in [0.25, 0.3) is 0 Å². The Balaban J connectivity index is 0.00000289. The Bertz CT molecular complexity index is 412. The maximum absolute atomic E-state index is 11.9. The Hall–Kier alpha value is -0.480. The molecule has 0 spiro atoms. The number of likely N-dealkylation sites (N-methyl/N-ethyl adjacent to an activating group) is 1. The van der Waals surface area contributed by atoms with E-state index in [0.29, 0.717) is 23.0 Å². The van der Waals surface area contributed by atoms with Crippen molar-refractivity contribution in [2.45, 2.75) is 19.4 Å². The standard InChI is InChI=1S/C12H16Cl2N2O.ClH/c1-8(7-15)16(2)12(17)6-9-3-4-10(13)11(14)5-9;/h3-5,8H,6-7,15H2,1-2H3;1H. The minimum absolute atomic E-state index is 0. The summed E-state index contributed by atoms with van der Waals surface area (Å²) in [5, 5.41) is 0.957. The highest BCUT2D eigenvalue weighted by Gasteiger charge is 2.15. The van der Waals surface area contributed by atoms with Crippen molar-refractivity contribution in [1.29, 1.82) is 0 Å². The van der Waals surface area contributed by atoms with Gasteiger partial charge in [0.15, 0.2) is 0 Å². The second-order valence-electron chi connectivity index (χ2n) is 4.01. The van der Waals surface area contributed by atoms with Crippen LogP contribution in [0.3, 0.4) is 0 Å². The van der Waals surface area contributed by atoms with Gasteiger partial charge in [-0.05, 0) is 24.6 Å². The van der Waals surface area contributed by atoms with Crippen molar-refractivity contribution in [1.82, 2.24) is 4.90 Å². The van der Waals surface area contributed by atoms with Crippen LogP contribution < -0.4 is 5.73 Å². The number of nitrogens with two attached hydrogens (primary N) is 1. The monoisotopic (exact) mass is 310 g/mol. The highest BCUT2D eigenvalue weighted by atomic mass is 35.5. The summed E-state index contributed by atoms with van der Waals surface area (Å²) in [4.78, 5) is 13.5. The van der Waals surface area contributed by atoms with Crippen LogP contribution in [0.15, 0.2) is 18.2 Å². The number of benzene rings is 1. The van der Waals surface area contributed by atoms with Gasteiger partial charge in [0.2, 0.25) is 5.91 Å². The number of amides is 1. The average Bonchev–Trinajstić information content (AvgIpc) is 2.31. The SMILES string of the molecule is CC(CN)N(C)C(=O)Cc1ccc(Cl)c(Cl)c1.Cl. The summed E-state index contributed by atoms with van der Waals surface area (Å²) in [5.41, 5.74) is 6.36. The Labute approximate surface area is 124 Å². The number of carbonyl (C=O) groups excluding carboxylic acids is 1. The number of hydrogen-bond acceptors (Lipinski definition) is 2. The maximum atomic E-state index is 11.9. The summed E-state index contributed by atoms with van der Waals surface area (Å²) in [7, 11) is 1.75. The third kappa shape index (κ3) is 4.65. The molecule has 1 unspecified atom stereocenters. The summed E-state index contributed by atoms with van der Waals surface area (Å²) < 4.78 is 0. The van der Waals surface area contributed by atoms with Crippen LogP contribution in [0.1, 0.15) is 12.5 Å². The Morgan fingerprint density at radius 3 is 2.50 bits per heavy atom. The molecule has 1 aromatic rings. The van der Waals surface area contributed by atoms with Gasteiger partial charge in [-0.2, -0.15) is 0 Å². The van der Waals surface area contributed by atoms with Crippen molar-refractivity contribution in [3.8, 4) is 0 Å². The number of hydrogen-bond donors (Lipinski definition) is 1. The van der Waals surface area contributed by atoms with Gasteiger partial charge in [0, 0.05) is 19.6 Å². The zero-order chi connectivity index (χ0) is 13.0. The quantitative estimate of drug-likeness (QED) is 0.929. The van der Waals surface area contributed by atoms with Crippen molar-refractivity contribution in [2.24, 2.45) is 5.73 Å². The lowest BCUT2D eigenvalue weighted by atomic mass is 10.1. The smallest absolute Gasteiger partial charge is 0.227 e. The molecule has 3 nitrogen and oxygen atoms in total. The number of carbonyl (C=O) groups is 1. The molecule has 0 fully saturated rings. The number of halogens is 3. The molecular weight excluding hydrogens is 295 g/mol. The minimum atomic E-state index is 0. The normalized spacial score (nSPS) is 11.6. The Morgan fingerprint density at radius 2 is 2.00 bits per heavy atom. The molecule has 1 rings (SSSR count). The Kier molecular flexibility index (Phi) is 7.64. The van der Waals surface area contributed by atoms with E-state index in [4.69, 9.17) is 28.9 Å². The zero-order valence-corrected chi connectivity index (χ0v) is 12.6. The summed E-state index contributed by atoms with van der Waals surface area (Å²) in [6.07, 6.45) is 0.303.